The lowest BCUT2D eigenvalue weighted by Gasteiger charge is -2.36. The molecule has 0 unspecified atom stereocenters. The number of imidazole rings is 1. The highest BCUT2D eigenvalue weighted by atomic mass is 16.2. The van der Waals surface area contributed by atoms with Gasteiger partial charge in [0.05, 0.1) is 0 Å². The largest absolute Gasteiger partial charge is 0.342 e. The van der Waals surface area contributed by atoms with Crippen molar-refractivity contribution in [1.29, 1.82) is 0 Å². The molecule has 0 spiro atoms. The van der Waals surface area contributed by atoms with Crippen LogP contribution in [0.15, 0.2) is 12.4 Å². The van der Waals surface area contributed by atoms with Gasteiger partial charge in [-0.05, 0) is 31.6 Å². The average Bonchev–Trinajstić information content (AvgIpc) is 2.85. The zero-order chi connectivity index (χ0) is 13.9. The highest BCUT2D eigenvalue weighted by molar-refractivity contribution is 5.79. The lowest BCUT2D eigenvalue weighted by Crippen LogP contribution is -2.44. The van der Waals surface area contributed by atoms with Crippen molar-refractivity contribution in [3.63, 3.8) is 0 Å². The molecule has 3 rings (SSSR count). The highest BCUT2D eigenvalue weighted by Crippen LogP contribution is 2.30. The summed E-state index contributed by atoms with van der Waals surface area (Å²) in [6.07, 6.45) is 10.7. The molecule has 1 saturated carbocycles. The Bertz CT molecular complexity index is 456. The molecule has 20 heavy (non-hydrogen) atoms. The maximum atomic E-state index is 12.2. The van der Waals surface area contributed by atoms with Gasteiger partial charge in [-0.15, -0.1) is 0 Å². The number of nitrogens with zero attached hydrogens (tertiary/aromatic N) is 3. The normalized spacial score (nSPS) is 20.9. The van der Waals surface area contributed by atoms with Crippen LogP contribution in [0.2, 0.25) is 0 Å². The lowest BCUT2D eigenvalue weighted by atomic mass is 9.83. The summed E-state index contributed by atoms with van der Waals surface area (Å²) in [7, 11) is 0. The predicted octanol–water partition coefficient (Wildman–Crippen LogP) is 2.48. The van der Waals surface area contributed by atoms with Crippen molar-refractivity contribution in [2.24, 2.45) is 11.8 Å². The summed E-state index contributed by atoms with van der Waals surface area (Å²) in [6.45, 7) is 5.12. The van der Waals surface area contributed by atoms with Gasteiger partial charge in [0, 0.05) is 44.4 Å². The summed E-state index contributed by atoms with van der Waals surface area (Å²) in [5.41, 5.74) is 0. The molecular formula is C16H25N3O. The van der Waals surface area contributed by atoms with Crippen LogP contribution in [0, 0.1) is 11.8 Å². The van der Waals surface area contributed by atoms with Gasteiger partial charge < -0.3 is 9.47 Å². The molecule has 0 radical (unpaired) electrons. The van der Waals surface area contributed by atoms with Crippen molar-refractivity contribution in [3.8, 4) is 0 Å². The number of carbonyl (C=O) groups is 1. The minimum atomic E-state index is 0.354. The van der Waals surface area contributed by atoms with Crippen LogP contribution in [-0.2, 0) is 17.8 Å². The molecule has 0 bridgehead atoms. The number of likely N-dealkylation sites (tertiary alicyclic amines) is 1. The molecule has 0 N–H and O–H groups in total. The number of amides is 1. The standard InChI is InChI=1S/C16H25N3O/c1-2-15-17-8-11-19(15)12-13-6-9-18(10-7-13)16(20)14-4-3-5-14/h8,11,13-14H,2-7,9-10,12H2,1H3. The van der Waals surface area contributed by atoms with E-state index < -0.39 is 0 Å². The predicted molar refractivity (Wildman–Crippen MR) is 78.3 cm³/mol. The van der Waals surface area contributed by atoms with Gasteiger partial charge in [0.15, 0.2) is 0 Å². The van der Waals surface area contributed by atoms with E-state index >= 15 is 0 Å². The van der Waals surface area contributed by atoms with Gasteiger partial charge in [0.25, 0.3) is 0 Å². The minimum Gasteiger partial charge on any atom is -0.342 e. The zero-order valence-electron chi connectivity index (χ0n) is 12.4. The summed E-state index contributed by atoms with van der Waals surface area (Å²) in [4.78, 5) is 18.7. The van der Waals surface area contributed by atoms with Crippen LogP contribution >= 0.6 is 0 Å². The van der Waals surface area contributed by atoms with E-state index in [2.05, 4.69) is 27.6 Å². The van der Waals surface area contributed by atoms with Crippen molar-refractivity contribution in [1.82, 2.24) is 14.5 Å². The van der Waals surface area contributed by atoms with Crippen molar-refractivity contribution in [2.75, 3.05) is 13.1 Å². The average molecular weight is 275 g/mol. The fourth-order valence-corrected chi connectivity index (χ4v) is 3.35. The Balaban J connectivity index is 1.49. The third-order valence-corrected chi connectivity index (χ3v) is 4.95. The van der Waals surface area contributed by atoms with Crippen molar-refractivity contribution >= 4 is 5.91 Å². The maximum Gasteiger partial charge on any atom is 0.225 e. The maximum absolute atomic E-state index is 12.2. The molecule has 4 nitrogen and oxygen atoms in total. The Morgan fingerprint density at radius 3 is 2.65 bits per heavy atom. The van der Waals surface area contributed by atoms with Crippen LogP contribution < -0.4 is 0 Å². The fourth-order valence-electron chi connectivity index (χ4n) is 3.35. The monoisotopic (exact) mass is 275 g/mol. The van der Waals surface area contributed by atoms with E-state index in [1.807, 2.05) is 6.20 Å². The molecule has 4 heteroatoms. The highest BCUT2D eigenvalue weighted by Gasteiger charge is 2.31. The molecule has 2 heterocycles. The van der Waals surface area contributed by atoms with E-state index in [0.29, 0.717) is 17.7 Å². The molecular weight excluding hydrogens is 250 g/mol. The third-order valence-electron chi connectivity index (χ3n) is 4.95. The molecule has 1 amide bonds. The van der Waals surface area contributed by atoms with Crippen LogP contribution in [-0.4, -0.2) is 33.4 Å². The molecule has 0 aromatic carbocycles. The van der Waals surface area contributed by atoms with Crippen molar-refractivity contribution in [2.45, 2.75) is 52.0 Å². The van der Waals surface area contributed by atoms with Gasteiger partial charge in [-0.25, -0.2) is 4.98 Å². The molecule has 1 aliphatic carbocycles. The first kappa shape index (κ1) is 13.7. The number of hydrogen-bond acceptors (Lipinski definition) is 2. The van der Waals surface area contributed by atoms with E-state index in [-0.39, 0.29) is 0 Å². The first-order chi connectivity index (χ1) is 9.78. The van der Waals surface area contributed by atoms with Crippen LogP contribution in [0.3, 0.4) is 0 Å². The molecule has 110 valence electrons. The molecule has 1 aromatic heterocycles. The third kappa shape index (κ3) is 2.74. The van der Waals surface area contributed by atoms with E-state index in [0.717, 1.165) is 51.7 Å². The number of hydrogen-bond donors (Lipinski definition) is 0. The first-order valence-electron chi connectivity index (χ1n) is 8.06. The summed E-state index contributed by atoms with van der Waals surface area (Å²) in [5.74, 6) is 2.65. The quantitative estimate of drug-likeness (QED) is 0.846. The lowest BCUT2D eigenvalue weighted by molar-refractivity contribution is -0.139. The Morgan fingerprint density at radius 2 is 2.05 bits per heavy atom. The zero-order valence-corrected chi connectivity index (χ0v) is 12.4. The summed E-state index contributed by atoms with van der Waals surface area (Å²) >= 11 is 0. The van der Waals surface area contributed by atoms with Gasteiger partial charge in [0.1, 0.15) is 5.82 Å². The van der Waals surface area contributed by atoms with E-state index in [9.17, 15) is 4.79 Å². The number of aromatic nitrogens is 2. The summed E-state index contributed by atoms with van der Waals surface area (Å²) in [5, 5.41) is 0. The second-order valence-corrected chi connectivity index (χ2v) is 6.25. The Hall–Kier alpha value is -1.32. The number of carbonyl (C=O) groups excluding carboxylic acids is 1. The van der Waals surface area contributed by atoms with E-state index in [1.54, 1.807) is 0 Å². The summed E-state index contributed by atoms with van der Waals surface area (Å²) < 4.78 is 2.29. The minimum absolute atomic E-state index is 0.354. The topological polar surface area (TPSA) is 38.1 Å². The second-order valence-electron chi connectivity index (χ2n) is 6.25. The SMILES string of the molecule is CCc1nccn1CC1CCN(C(=O)C2CCC2)CC1. The van der Waals surface area contributed by atoms with Crippen LogP contribution in [0.4, 0.5) is 0 Å². The smallest absolute Gasteiger partial charge is 0.225 e. The van der Waals surface area contributed by atoms with Gasteiger partial charge in [-0.1, -0.05) is 13.3 Å². The van der Waals surface area contributed by atoms with Crippen molar-refractivity contribution < 1.29 is 4.79 Å². The Labute approximate surface area is 121 Å². The fraction of sp³-hybridized carbons (Fsp3) is 0.750. The molecule has 2 aliphatic rings. The molecule has 2 fully saturated rings. The van der Waals surface area contributed by atoms with E-state index in [4.69, 9.17) is 0 Å². The van der Waals surface area contributed by atoms with E-state index in [1.165, 1.54) is 12.2 Å². The van der Waals surface area contributed by atoms with Crippen LogP contribution in [0.25, 0.3) is 0 Å². The second kappa shape index (κ2) is 5.98. The number of piperidine rings is 1. The molecule has 1 aromatic rings. The van der Waals surface area contributed by atoms with Crippen molar-refractivity contribution in [3.05, 3.63) is 18.2 Å². The van der Waals surface area contributed by atoms with Gasteiger partial charge in [-0.2, -0.15) is 0 Å². The van der Waals surface area contributed by atoms with Gasteiger partial charge >= 0.3 is 0 Å². The van der Waals surface area contributed by atoms with Gasteiger partial charge in [-0.3, -0.25) is 4.79 Å². The molecule has 0 atom stereocenters. The van der Waals surface area contributed by atoms with Crippen LogP contribution in [0.1, 0.15) is 44.9 Å². The molecule has 1 saturated heterocycles. The molecule has 1 aliphatic heterocycles. The number of aryl methyl sites for hydroxylation is 1. The Morgan fingerprint density at radius 1 is 1.30 bits per heavy atom. The Kier molecular flexibility index (Phi) is 4.08. The number of rotatable bonds is 4. The van der Waals surface area contributed by atoms with Crippen LogP contribution in [0.5, 0.6) is 0 Å². The van der Waals surface area contributed by atoms with Gasteiger partial charge in [0.2, 0.25) is 5.91 Å². The first-order valence-corrected chi connectivity index (χ1v) is 8.06. The summed E-state index contributed by atoms with van der Waals surface area (Å²) in [6, 6.07) is 0.